The van der Waals surface area contributed by atoms with E-state index in [2.05, 4.69) is 15.9 Å². The molecule has 1 heterocycles. The van der Waals surface area contributed by atoms with Gasteiger partial charge in [0.1, 0.15) is 5.75 Å². The van der Waals surface area contributed by atoms with Crippen molar-refractivity contribution in [1.82, 2.24) is 4.57 Å². The molecule has 0 unspecified atom stereocenters. The fourth-order valence-corrected chi connectivity index (χ4v) is 1.74. The first-order chi connectivity index (χ1) is 8.15. The molecule has 0 bridgehead atoms. The van der Waals surface area contributed by atoms with Gasteiger partial charge in [-0.05, 0) is 36.4 Å². The molecule has 4 heteroatoms. The second-order valence-electron chi connectivity index (χ2n) is 3.55. The number of phenols is 1. The Balaban J connectivity index is 2.28. The van der Waals surface area contributed by atoms with Crippen LogP contribution >= 0.6 is 15.9 Å². The summed E-state index contributed by atoms with van der Waals surface area (Å²) in [6, 6.07) is 8.66. The number of benzene rings is 1. The fourth-order valence-electron chi connectivity index (χ4n) is 1.36. The largest absolute Gasteiger partial charge is 0.507 e. The zero-order chi connectivity index (χ0) is 12.3. The molecular weight excluding hydrogens is 280 g/mol. The maximum Gasteiger partial charge on any atom is 0.122 e. The van der Waals surface area contributed by atoms with E-state index < -0.39 is 0 Å². The van der Waals surface area contributed by atoms with Crippen molar-refractivity contribution >= 4 is 28.2 Å². The highest BCUT2D eigenvalue weighted by molar-refractivity contribution is 9.10. The van der Waals surface area contributed by atoms with Gasteiger partial charge < -0.3 is 15.1 Å². The van der Waals surface area contributed by atoms with E-state index in [9.17, 15) is 5.11 Å². The molecule has 0 amide bonds. The topological polar surface area (TPSA) is 49.0 Å². The summed E-state index contributed by atoms with van der Waals surface area (Å²) in [4.78, 5) is 0. The molecule has 0 radical (unpaired) electrons. The Bertz CT molecular complexity index is 597. The molecule has 0 aliphatic carbocycles. The number of hydrogen-bond acceptors (Lipinski definition) is 2. The van der Waals surface area contributed by atoms with Crippen LogP contribution in [0.15, 0.2) is 47.2 Å². The molecular formula is C13H11BrN2O. The van der Waals surface area contributed by atoms with Crippen LogP contribution in [0.2, 0.25) is 0 Å². The van der Waals surface area contributed by atoms with Gasteiger partial charge in [-0.25, -0.2) is 0 Å². The van der Waals surface area contributed by atoms with Crippen LogP contribution in [0.5, 0.6) is 5.75 Å². The van der Waals surface area contributed by atoms with Crippen molar-refractivity contribution in [3.05, 3.63) is 58.1 Å². The smallest absolute Gasteiger partial charge is 0.122 e. The lowest BCUT2D eigenvalue weighted by Crippen LogP contribution is -1.98. The van der Waals surface area contributed by atoms with Crippen LogP contribution < -0.4 is 5.36 Å². The Kier molecular flexibility index (Phi) is 3.44. The number of pyridine rings is 1. The van der Waals surface area contributed by atoms with E-state index in [4.69, 9.17) is 5.41 Å². The highest BCUT2D eigenvalue weighted by Crippen LogP contribution is 2.23. The Morgan fingerprint density at radius 2 is 1.88 bits per heavy atom. The number of aromatic nitrogens is 1. The minimum absolute atomic E-state index is 0.238. The molecule has 1 aromatic carbocycles. The number of halogens is 1. The first-order valence-electron chi connectivity index (χ1n) is 5.04. The van der Waals surface area contributed by atoms with Gasteiger partial charge in [-0.15, -0.1) is 0 Å². The van der Waals surface area contributed by atoms with Crippen LogP contribution in [-0.4, -0.2) is 9.67 Å². The molecule has 0 saturated heterocycles. The average molecular weight is 291 g/mol. The van der Waals surface area contributed by atoms with Gasteiger partial charge >= 0.3 is 0 Å². The molecule has 86 valence electrons. The van der Waals surface area contributed by atoms with E-state index in [-0.39, 0.29) is 5.75 Å². The van der Waals surface area contributed by atoms with Gasteiger partial charge in [-0.3, -0.25) is 0 Å². The van der Waals surface area contributed by atoms with Crippen LogP contribution in [0.25, 0.3) is 12.3 Å². The number of rotatable bonds is 2. The third-order valence-corrected chi connectivity index (χ3v) is 2.76. The van der Waals surface area contributed by atoms with E-state index >= 15 is 0 Å². The lowest BCUT2D eigenvalue weighted by atomic mass is 10.2. The molecule has 0 fully saturated rings. The first-order valence-corrected chi connectivity index (χ1v) is 5.83. The number of phenolic OH excluding ortho intramolecular Hbond substituents is 1. The molecule has 3 nitrogen and oxygen atoms in total. The molecule has 0 spiro atoms. The van der Waals surface area contributed by atoms with E-state index in [1.807, 2.05) is 22.9 Å². The maximum atomic E-state index is 9.65. The lowest BCUT2D eigenvalue weighted by molar-refractivity contribution is 0.474. The maximum absolute atomic E-state index is 9.65. The number of aromatic hydroxyl groups is 1. The second kappa shape index (κ2) is 5.01. The van der Waals surface area contributed by atoms with Crippen molar-refractivity contribution < 1.29 is 5.11 Å². The molecule has 2 N–H and O–H groups in total. The van der Waals surface area contributed by atoms with Crippen molar-refractivity contribution in [3.63, 3.8) is 0 Å². The molecule has 0 aliphatic rings. The fraction of sp³-hybridized carbons (Fsp3) is 0. The molecule has 0 aliphatic heterocycles. The van der Waals surface area contributed by atoms with E-state index in [0.29, 0.717) is 5.36 Å². The van der Waals surface area contributed by atoms with Gasteiger partial charge in [0.25, 0.3) is 0 Å². The minimum atomic E-state index is 0.238. The molecule has 2 rings (SSSR count). The summed E-state index contributed by atoms with van der Waals surface area (Å²) in [6.45, 7) is 0. The van der Waals surface area contributed by atoms with Crippen molar-refractivity contribution in [3.8, 4) is 5.75 Å². The van der Waals surface area contributed by atoms with Gasteiger partial charge in [-0.2, -0.15) is 0 Å². The average Bonchev–Trinajstić information content (AvgIpc) is 2.32. The van der Waals surface area contributed by atoms with E-state index in [1.54, 1.807) is 36.7 Å². The van der Waals surface area contributed by atoms with Gasteiger partial charge in [0.2, 0.25) is 0 Å². The zero-order valence-corrected chi connectivity index (χ0v) is 10.6. The van der Waals surface area contributed by atoms with E-state index in [0.717, 1.165) is 10.0 Å². The quantitative estimate of drug-likeness (QED) is 0.877. The summed E-state index contributed by atoms with van der Waals surface area (Å²) < 4.78 is 2.74. The predicted molar refractivity (Wildman–Crippen MR) is 71.3 cm³/mol. The van der Waals surface area contributed by atoms with Gasteiger partial charge in [0.05, 0.1) is 5.36 Å². The number of nitrogens with one attached hydrogen (secondary N) is 1. The van der Waals surface area contributed by atoms with Crippen molar-refractivity contribution in [2.45, 2.75) is 0 Å². The minimum Gasteiger partial charge on any atom is -0.507 e. The summed E-state index contributed by atoms with van der Waals surface area (Å²) >= 11 is 3.36. The van der Waals surface area contributed by atoms with Crippen LogP contribution in [0.3, 0.4) is 0 Å². The molecule has 0 saturated carbocycles. The van der Waals surface area contributed by atoms with Crippen LogP contribution in [0, 0.1) is 5.41 Å². The van der Waals surface area contributed by atoms with Crippen LogP contribution in [0.1, 0.15) is 5.56 Å². The second-order valence-corrected chi connectivity index (χ2v) is 4.47. The van der Waals surface area contributed by atoms with Gasteiger partial charge in [0.15, 0.2) is 0 Å². The monoisotopic (exact) mass is 290 g/mol. The first kappa shape index (κ1) is 11.7. The highest BCUT2D eigenvalue weighted by Gasteiger charge is 1.97. The Morgan fingerprint density at radius 3 is 2.59 bits per heavy atom. The number of hydrogen-bond donors (Lipinski definition) is 2. The summed E-state index contributed by atoms with van der Waals surface area (Å²) in [5.74, 6) is 0.238. The van der Waals surface area contributed by atoms with Crippen molar-refractivity contribution in [1.29, 1.82) is 5.41 Å². The number of nitrogens with zero attached hydrogens (tertiary/aromatic N) is 1. The van der Waals surface area contributed by atoms with Crippen LogP contribution in [-0.2, 0) is 0 Å². The summed E-state index contributed by atoms with van der Waals surface area (Å²) in [7, 11) is 0. The Hall–Kier alpha value is -1.81. The van der Waals surface area contributed by atoms with Crippen LogP contribution in [0.4, 0.5) is 0 Å². The van der Waals surface area contributed by atoms with Crippen molar-refractivity contribution in [2.75, 3.05) is 0 Å². The molecule has 2 aromatic rings. The summed E-state index contributed by atoms with van der Waals surface area (Å²) in [5.41, 5.74) is 0.738. The molecule has 0 atom stereocenters. The SMILES string of the molecule is N=c1ccn(/C=C/c2cc(Br)ccc2O)cc1. The van der Waals surface area contributed by atoms with Gasteiger partial charge in [0, 0.05) is 28.6 Å². The predicted octanol–water partition coefficient (Wildman–Crippen LogP) is 3.06. The van der Waals surface area contributed by atoms with Gasteiger partial charge in [-0.1, -0.05) is 15.9 Å². The zero-order valence-electron chi connectivity index (χ0n) is 8.97. The highest BCUT2D eigenvalue weighted by atomic mass is 79.9. The van der Waals surface area contributed by atoms with E-state index in [1.165, 1.54) is 0 Å². The molecule has 1 aromatic heterocycles. The third-order valence-electron chi connectivity index (χ3n) is 2.27. The lowest BCUT2D eigenvalue weighted by Gasteiger charge is -2.01. The summed E-state index contributed by atoms with van der Waals surface area (Å²) in [5, 5.41) is 17.5. The normalized spacial score (nSPS) is 10.9. The standard InChI is InChI=1S/C13H11BrN2O/c14-11-1-2-13(17)10(9-11)3-6-16-7-4-12(15)5-8-16/h1-9,15,17H/b6-3+. The Morgan fingerprint density at radius 1 is 1.18 bits per heavy atom. The summed E-state index contributed by atoms with van der Waals surface area (Å²) in [6.07, 6.45) is 7.20. The third kappa shape index (κ3) is 3.07. The van der Waals surface area contributed by atoms with Crippen molar-refractivity contribution in [2.24, 2.45) is 0 Å². The molecule has 17 heavy (non-hydrogen) atoms. The Labute approximate surface area is 107 Å².